The van der Waals surface area contributed by atoms with Crippen molar-refractivity contribution in [2.75, 3.05) is 6.54 Å². The first-order chi connectivity index (χ1) is 9.60. The zero-order valence-corrected chi connectivity index (χ0v) is 11.9. The molecule has 1 amide bonds. The molecule has 1 heterocycles. The molecule has 0 aliphatic carbocycles. The Hall–Kier alpha value is -2.10. The molecule has 0 saturated carbocycles. The first-order valence-electron chi connectivity index (χ1n) is 6.91. The van der Waals surface area contributed by atoms with Gasteiger partial charge in [-0.25, -0.2) is 0 Å². The van der Waals surface area contributed by atoms with Gasteiger partial charge in [0.05, 0.1) is 0 Å². The number of rotatable bonds is 6. The Labute approximate surface area is 118 Å². The topological polar surface area (TPSA) is 51.1 Å². The Morgan fingerprint density at radius 3 is 2.85 bits per heavy atom. The van der Waals surface area contributed by atoms with Crippen LogP contribution in [-0.4, -0.2) is 23.3 Å². The van der Waals surface area contributed by atoms with Crippen LogP contribution in [0.3, 0.4) is 0 Å². The van der Waals surface area contributed by atoms with Crippen LogP contribution in [-0.2, 0) is 11.3 Å². The van der Waals surface area contributed by atoms with E-state index in [1.54, 1.807) is 6.07 Å². The SMILES string of the molecule is CC(C)CCNC(=O)Cn1ccc2cc(C=O)ccc21. The summed E-state index contributed by atoms with van der Waals surface area (Å²) >= 11 is 0. The lowest BCUT2D eigenvalue weighted by Gasteiger charge is -2.08. The number of hydrogen-bond donors (Lipinski definition) is 1. The molecule has 0 aliphatic heterocycles. The zero-order valence-electron chi connectivity index (χ0n) is 11.9. The van der Waals surface area contributed by atoms with E-state index in [4.69, 9.17) is 0 Å². The van der Waals surface area contributed by atoms with Crippen LogP contribution < -0.4 is 5.32 Å². The number of nitrogens with zero attached hydrogens (tertiary/aromatic N) is 1. The van der Waals surface area contributed by atoms with Crippen LogP contribution >= 0.6 is 0 Å². The van der Waals surface area contributed by atoms with Crippen molar-refractivity contribution in [3.8, 4) is 0 Å². The molecule has 4 heteroatoms. The van der Waals surface area contributed by atoms with Gasteiger partial charge in [0.2, 0.25) is 5.91 Å². The number of fused-ring (bicyclic) bond motifs is 1. The van der Waals surface area contributed by atoms with Crippen LogP contribution in [0.15, 0.2) is 30.5 Å². The van der Waals surface area contributed by atoms with E-state index >= 15 is 0 Å². The summed E-state index contributed by atoms with van der Waals surface area (Å²) in [6, 6.07) is 7.39. The van der Waals surface area contributed by atoms with Gasteiger partial charge < -0.3 is 9.88 Å². The fraction of sp³-hybridized carbons (Fsp3) is 0.375. The Morgan fingerprint density at radius 1 is 1.35 bits per heavy atom. The van der Waals surface area contributed by atoms with E-state index in [0.29, 0.717) is 24.6 Å². The van der Waals surface area contributed by atoms with Crippen molar-refractivity contribution in [3.63, 3.8) is 0 Å². The van der Waals surface area contributed by atoms with Crippen LogP contribution in [0, 0.1) is 5.92 Å². The number of amides is 1. The van der Waals surface area contributed by atoms with E-state index in [-0.39, 0.29) is 5.91 Å². The first kappa shape index (κ1) is 14.3. The van der Waals surface area contributed by atoms with Gasteiger partial charge >= 0.3 is 0 Å². The van der Waals surface area contributed by atoms with Gasteiger partial charge in [-0.05, 0) is 36.6 Å². The van der Waals surface area contributed by atoms with Crippen molar-refractivity contribution in [3.05, 3.63) is 36.0 Å². The lowest BCUT2D eigenvalue weighted by molar-refractivity contribution is -0.121. The second kappa shape index (κ2) is 6.37. The van der Waals surface area contributed by atoms with E-state index in [9.17, 15) is 9.59 Å². The van der Waals surface area contributed by atoms with Crippen LogP contribution in [0.1, 0.15) is 30.6 Å². The fourth-order valence-corrected chi connectivity index (χ4v) is 2.14. The third-order valence-corrected chi connectivity index (χ3v) is 3.29. The second-order valence-corrected chi connectivity index (χ2v) is 5.41. The molecule has 106 valence electrons. The highest BCUT2D eigenvalue weighted by Crippen LogP contribution is 2.16. The Morgan fingerprint density at radius 2 is 2.15 bits per heavy atom. The molecule has 0 atom stereocenters. The van der Waals surface area contributed by atoms with Crippen molar-refractivity contribution in [1.82, 2.24) is 9.88 Å². The maximum Gasteiger partial charge on any atom is 0.239 e. The van der Waals surface area contributed by atoms with Gasteiger partial charge in [-0.15, -0.1) is 0 Å². The lowest BCUT2D eigenvalue weighted by Crippen LogP contribution is -2.28. The van der Waals surface area contributed by atoms with Gasteiger partial charge in [0, 0.05) is 29.2 Å². The monoisotopic (exact) mass is 272 g/mol. The number of carbonyl (C=O) groups is 2. The molecular formula is C16H20N2O2. The standard InChI is InChI=1S/C16H20N2O2/c1-12(2)5-7-17-16(20)10-18-8-6-14-9-13(11-19)3-4-15(14)18/h3-4,6,8-9,11-12H,5,7,10H2,1-2H3,(H,17,20). The van der Waals surface area contributed by atoms with Crippen molar-refractivity contribution in [2.24, 2.45) is 5.92 Å². The summed E-state index contributed by atoms with van der Waals surface area (Å²) < 4.78 is 1.90. The third-order valence-electron chi connectivity index (χ3n) is 3.29. The average Bonchev–Trinajstić information content (AvgIpc) is 2.80. The lowest BCUT2D eigenvalue weighted by atomic mass is 10.1. The summed E-state index contributed by atoms with van der Waals surface area (Å²) in [6.45, 7) is 5.29. The summed E-state index contributed by atoms with van der Waals surface area (Å²) in [4.78, 5) is 22.6. The summed E-state index contributed by atoms with van der Waals surface area (Å²) in [5.74, 6) is 0.604. The first-order valence-corrected chi connectivity index (χ1v) is 6.91. The van der Waals surface area contributed by atoms with E-state index < -0.39 is 0 Å². The Kier molecular flexibility index (Phi) is 4.56. The van der Waals surface area contributed by atoms with E-state index in [2.05, 4.69) is 19.2 Å². The Bertz CT molecular complexity index is 614. The molecule has 2 rings (SSSR count). The summed E-state index contributed by atoms with van der Waals surface area (Å²) in [6.07, 6.45) is 3.69. The van der Waals surface area contributed by atoms with Crippen LogP contribution in [0.2, 0.25) is 0 Å². The fourth-order valence-electron chi connectivity index (χ4n) is 2.14. The number of aldehydes is 1. The summed E-state index contributed by atoms with van der Waals surface area (Å²) in [5, 5.41) is 3.90. The van der Waals surface area contributed by atoms with Crippen molar-refractivity contribution >= 4 is 23.1 Å². The molecular weight excluding hydrogens is 252 g/mol. The van der Waals surface area contributed by atoms with E-state index in [0.717, 1.165) is 23.6 Å². The quantitative estimate of drug-likeness (QED) is 0.822. The van der Waals surface area contributed by atoms with Crippen molar-refractivity contribution in [2.45, 2.75) is 26.8 Å². The van der Waals surface area contributed by atoms with Gasteiger partial charge in [-0.1, -0.05) is 13.8 Å². The molecule has 0 unspecified atom stereocenters. The molecule has 0 fully saturated rings. The molecule has 0 radical (unpaired) electrons. The Balaban J connectivity index is 2.02. The average molecular weight is 272 g/mol. The molecule has 1 N–H and O–H groups in total. The van der Waals surface area contributed by atoms with Crippen molar-refractivity contribution in [1.29, 1.82) is 0 Å². The van der Waals surface area contributed by atoms with Gasteiger partial charge in [-0.2, -0.15) is 0 Å². The number of nitrogens with one attached hydrogen (secondary N) is 1. The van der Waals surface area contributed by atoms with Crippen molar-refractivity contribution < 1.29 is 9.59 Å². The van der Waals surface area contributed by atoms with Gasteiger partial charge in [0.25, 0.3) is 0 Å². The summed E-state index contributed by atoms with van der Waals surface area (Å²) in [5.41, 5.74) is 1.62. The largest absolute Gasteiger partial charge is 0.355 e. The molecule has 0 saturated heterocycles. The molecule has 20 heavy (non-hydrogen) atoms. The number of carbonyl (C=O) groups excluding carboxylic acids is 2. The minimum absolute atomic E-state index is 0.0163. The highest BCUT2D eigenvalue weighted by molar-refractivity contribution is 5.88. The molecule has 1 aromatic heterocycles. The minimum Gasteiger partial charge on any atom is -0.355 e. The van der Waals surface area contributed by atoms with Gasteiger partial charge in [-0.3, -0.25) is 9.59 Å². The van der Waals surface area contributed by atoms with E-state index in [1.165, 1.54) is 0 Å². The maximum atomic E-state index is 11.9. The molecule has 2 aromatic rings. The van der Waals surface area contributed by atoms with Crippen LogP contribution in [0.25, 0.3) is 10.9 Å². The molecule has 1 aromatic carbocycles. The minimum atomic E-state index is 0.0163. The number of hydrogen-bond acceptors (Lipinski definition) is 2. The second-order valence-electron chi connectivity index (χ2n) is 5.41. The zero-order chi connectivity index (χ0) is 14.5. The van der Waals surface area contributed by atoms with Gasteiger partial charge in [0.1, 0.15) is 12.8 Å². The number of aromatic nitrogens is 1. The highest BCUT2D eigenvalue weighted by Gasteiger charge is 2.06. The maximum absolute atomic E-state index is 11.9. The van der Waals surface area contributed by atoms with Gasteiger partial charge in [0.15, 0.2) is 0 Å². The predicted molar refractivity (Wildman–Crippen MR) is 79.8 cm³/mol. The number of benzene rings is 1. The molecule has 0 aliphatic rings. The summed E-state index contributed by atoms with van der Waals surface area (Å²) in [7, 11) is 0. The molecule has 0 bridgehead atoms. The predicted octanol–water partition coefficient (Wildman–Crippen LogP) is 2.62. The third kappa shape index (κ3) is 3.47. The van der Waals surface area contributed by atoms with Crippen LogP contribution in [0.5, 0.6) is 0 Å². The highest BCUT2D eigenvalue weighted by atomic mass is 16.1. The van der Waals surface area contributed by atoms with Crippen LogP contribution in [0.4, 0.5) is 0 Å². The van der Waals surface area contributed by atoms with E-state index in [1.807, 2.05) is 29.0 Å². The molecule has 0 spiro atoms. The molecule has 4 nitrogen and oxygen atoms in total. The smallest absolute Gasteiger partial charge is 0.239 e. The normalized spacial score (nSPS) is 10.9.